The van der Waals surface area contributed by atoms with Crippen LogP contribution in [0.1, 0.15) is 33.3 Å². The second kappa shape index (κ2) is 8.68. The second-order valence-electron chi connectivity index (χ2n) is 6.05. The number of aryl methyl sites for hydroxylation is 1. The van der Waals surface area contributed by atoms with Gasteiger partial charge in [-0.3, -0.25) is 10.1 Å². The van der Waals surface area contributed by atoms with Crippen LogP contribution < -0.4 is 14.8 Å². The first-order valence-corrected chi connectivity index (χ1v) is 9.53. The predicted molar refractivity (Wildman–Crippen MR) is 108 cm³/mol. The minimum atomic E-state index is -0.229. The molecule has 0 aliphatic heterocycles. The van der Waals surface area contributed by atoms with Gasteiger partial charge in [0.2, 0.25) is 0 Å². The SMILES string of the molecule is CCOc1ccc(C(=O)Nc2ncc(Cc3ccc(C)cc3)s2)cc1OC. The van der Waals surface area contributed by atoms with Gasteiger partial charge in [0.25, 0.3) is 5.91 Å². The van der Waals surface area contributed by atoms with Crippen LogP contribution in [0.5, 0.6) is 11.5 Å². The van der Waals surface area contributed by atoms with E-state index in [2.05, 4.69) is 41.5 Å². The van der Waals surface area contributed by atoms with Gasteiger partial charge in [0.05, 0.1) is 13.7 Å². The van der Waals surface area contributed by atoms with Crippen molar-refractivity contribution in [1.29, 1.82) is 0 Å². The van der Waals surface area contributed by atoms with Crippen molar-refractivity contribution >= 4 is 22.4 Å². The third kappa shape index (κ3) is 4.86. The van der Waals surface area contributed by atoms with Crippen LogP contribution in [0, 0.1) is 6.92 Å². The van der Waals surface area contributed by atoms with E-state index in [1.807, 2.05) is 6.92 Å². The zero-order valence-corrected chi connectivity index (χ0v) is 16.4. The molecule has 6 heteroatoms. The smallest absolute Gasteiger partial charge is 0.257 e. The summed E-state index contributed by atoms with van der Waals surface area (Å²) in [4.78, 5) is 17.9. The van der Waals surface area contributed by atoms with Crippen molar-refractivity contribution in [2.24, 2.45) is 0 Å². The molecule has 0 spiro atoms. The summed E-state index contributed by atoms with van der Waals surface area (Å²) in [7, 11) is 1.55. The van der Waals surface area contributed by atoms with E-state index in [4.69, 9.17) is 9.47 Å². The lowest BCUT2D eigenvalue weighted by molar-refractivity contribution is 0.102. The van der Waals surface area contributed by atoms with Gasteiger partial charge in [-0.05, 0) is 37.6 Å². The third-order valence-electron chi connectivity index (χ3n) is 4.00. The van der Waals surface area contributed by atoms with Gasteiger partial charge in [-0.15, -0.1) is 11.3 Å². The molecule has 0 fully saturated rings. The van der Waals surface area contributed by atoms with E-state index in [-0.39, 0.29) is 5.91 Å². The third-order valence-corrected chi connectivity index (χ3v) is 4.91. The molecular weight excluding hydrogens is 360 g/mol. The molecule has 0 atom stereocenters. The molecule has 5 nitrogen and oxygen atoms in total. The molecule has 0 bridgehead atoms. The highest BCUT2D eigenvalue weighted by Gasteiger charge is 2.13. The molecular formula is C21H22N2O3S. The van der Waals surface area contributed by atoms with E-state index in [9.17, 15) is 4.79 Å². The number of methoxy groups -OCH3 is 1. The Bertz CT molecular complexity index is 919. The minimum absolute atomic E-state index is 0.229. The molecule has 1 aromatic heterocycles. The number of hydrogen-bond acceptors (Lipinski definition) is 5. The summed E-state index contributed by atoms with van der Waals surface area (Å²) >= 11 is 1.48. The Hall–Kier alpha value is -2.86. The molecule has 0 unspecified atom stereocenters. The summed E-state index contributed by atoms with van der Waals surface area (Å²) in [5.74, 6) is 0.919. The van der Waals surface area contributed by atoms with Crippen LogP contribution in [0.25, 0.3) is 0 Å². The number of benzene rings is 2. The van der Waals surface area contributed by atoms with Crippen molar-refractivity contribution in [1.82, 2.24) is 4.98 Å². The number of carbonyl (C=O) groups is 1. The summed E-state index contributed by atoms with van der Waals surface area (Å²) in [6.07, 6.45) is 2.60. The van der Waals surface area contributed by atoms with Crippen molar-refractivity contribution in [2.75, 3.05) is 19.0 Å². The summed E-state index contributed by atoms with van der Waals surface area (Å²) in [5, 5.41) is 3.43. The number of nitrogens with zero attached hydrogens (tertiary/aromatic N) is 1. The Labute approximate surface area is 163 Å². The number of anilines is 1. The topological polar surface area (TPSA) is 60.5 Å². The highest BCUT2D eigenvalue weighted by Crippen LogP contribution is 2.29. The van der Waals surface area contributed by atoms with Crippen molar-refractivity contribution in [3.8, 4) is 11.5 Å². The fourth-order valence-electron chi connectivity index (χ4n) is 2.61. The number of nitrogens with one attached hydrogen (secondary N) is 1. The second-order valence-corrected chi connectivity index (χ2v) is 7.16. The normalized spacial score (nSPS) is 10.5. The minimum Gasteiger partial charge on any atom is -0.493 e. The van der Waals surface area contributed by atoms with Gasteiger partial charge < -0.3 is 9.47 Å². The van der Waals surface area contributed by atoms with E-state index >= 15 is 0 Å². The van der Waals surface area contributed by atoms with Gasteiger partial charge in [-0.25, -0.2) is 4.98 Å². The van der Waals surface area contributed by atoms with Gasteiger partial charge in [0, 0.05) is 23.1 Å². The number of rotatable bonds is 7. The summed E-state index contributed by atoms with van der Waals surface area (Å²) < 4.78 is 10.8. The molecule has 0 aliphatic rings. The van der Waals surface area contributed by atoms with E-state index < -0.39 is 0 Å². The first-order valence-electron chi connectivity index (χ1n) is 8.71. The monoisotopic (exact) mass is 382 g/mol. The fourth-order valence-corrected chi connectivity index (χ4v) is 3.45. The standard InChI is InChI=1S/C21H22N2O3S/c1-4-26-18-10-9-16(12-19(18)25-3)20(24)23-21-22-13-17(27-21)11-15-7-5-14(2)6-8-15/h5-10,12-13H,4,11H2,1-3H3,(H,22,23,24). The molecule has 3 rings (SSSR count). The van der Waals surface area contributed by atoms with Gasteiger partial charge in [0.15, 0.2) is 16.6 Å². The molecule has 0 aliphatic carbocycles. The van der Waals surface area contributed by atoms with Gasteiger partial charge in [0.1, 0.15) is 0 Å². The molecule has 3 aromatic rings. The van der Waals surface area contributed by atoms with Gasteiger partial charge >= 0.3 is 0 Å². The van der Waals surface area contributed by atoms with Crippen molar-refractivity contribution in [2.45, 2.75) is 20.3 Å². The van der Waals surface area contributed by atoms with Crippen LogP contribution in [-0.2, 0) is 6.42 Å². The molecule has 0 saturated carbocycles. The van der Waals surface area contributed by atoms with E-state index in [1.54, 1.807) is 31.5 Å². The Morgan fingerprint density at radius 1 is 1.15 bits per heavy atom. The van der Waals surface area contributed by atoms with Crippen LogP contribution in [0.2, 0.25) is 0 Å². The maximum atomic E-state index is 12.5. The summed E-state index contributed by atoms with van der Waals surface area (Å²) in [6, 6.07) is 13.5. The molecule has 1 heterocycles. The van der Waals surface area contributed by atoms with Crippen molar-refractivity contribution < 1.29 is 14.3 Å². The number of ether oxygens (including phenoxy) is 2. The lowest BCUT2D eigenvalue weighted by Gasteiger charge is -2.10. The zero-order chi connectivity index (χ0) is 19.2. The summed E-state index contributed by atoms with van der Waals surface area (Å²) in [6.45, 7) is 4.50. The molecule has 27 heavy (non-hydrogen) atoms. The Balaban J connectivity index is 1.67. The number of thiazole rings is 1. The summed E-state index contributed by atoms with van der Waals surface area (Å²) in [5.41, 5.74) is 2.95. The predicted octanol–water partition coefficient (Wildman–Crippen LogP) is 4.70. The van der Waals surface area contributed by atoms with Crippen LogP contribution >= 0.6 is 11.3 Å². The number of amides is 1. The largest absolute Gasteiger partial charge is 0.493 e. The molecule has 140 valence electrons. The van der Waals surface area contributed by atoms with Crippen molar-refractivity contribution in [3.05, 3.63) is 70.2 Å². The molecule has 0 radical (unpaired) electrons. The average molecular weight is 382 g/mol. The maximum absolute atomic E-state index is 12.5. The average Bonchev–Trinajstić information content (AvgIpc) is 3.11. The van der Waals surface area contributed by atoms with Crippen LogP contribution in [0.15, 0.2) is 48.7 Å². The lowest BCUT2D eigenvalue weighted by Crippen LogP contribution is -2.12. The first-order chi connectivity index (χ1) is 13.1. The number of hydrogen-bond donors (Lipinski definition) is 1. The Morgan fingerprint density at radius 3 is 2.63 bits per heavy atom. The Morgan fingerprint density at radius 2 is 1.93 bits per heavy atom. The quantitative estimate of drug-likeness (QED) is 0.643. The van der Waals surface area contributed by atoms with E-state index in [1.165, 1.54) is 22.5 Å². The number of aromatic nitrogens is 1. The first kappa shape index (κ1) is 18.9. The fraction of sp³-hybridized carbons (Fsp3) is 0.238. The maximum Gasteiger partial charge on any atom is 0.257 e. The van der Waals surface area contributed by atoms with E-state index in [0.29, 0.717) is 28.8 Å². The lowest BCUT2D eigenvalue weighted by atomic mass is 10.1. The van der Waals surface area contributed by atoms with Gasteiger partial charge in [-0.1, -0.05) is 29.8 Å². The molecule has 2 aromatic carbocycles. The molecule has 1 amide bonds. The highest BCUT2D eigenvalue weighted by atomic mass is 32.1. The molecule has 1 N–H and O–H groups in total. The van der Waals surface area contributed by atoms with E-state index in [0.717, 1.165) is 11.3 Å². The van der Waals surface area contributed by atoms with Gasteiger partial charge in [-0.2, -0.15) is 0 Å². The van der Waals surface area contributed by atoms with Crippen molar-refractivity contribution in [3.63, 3.8) is 0 Å². The molecule has 0 saturated heterocycles. The highest BCUT2D eigenvalue weighted by molar-refractivity contribution is 7.15. The Kier molecular flexibility index (Phi) is 6.08. The van der Waals surface area contributed by atoms with Crippen LogP contribution in [-0.4, -0.2) is 24.6 Å². The van der Waals surface area contributed by atoms with Crippen LogP contribution in [0.4, 0.5) is 5.13 Å². The zero-order valence-electron chi connectivity index (χ0n) is 15.6. The van der Waals surface area contributed by atoms with Crippen LogP contribution in [0.3, 0.4) is 0 Å². The number of carbonyl (C=O) groups excluding carboxylic acids is 1.